The fourth-order valence-corrected chi connectivity index (χ4v) is 19.0. The van der Waals surface area contributed by atoms with E-state index >= 15 is 0 Å². The molecular formula is C114H72N8OS. The predicted octanol–water partition coefficient (Wildman–Crippen LogP) is 30.2. The normalized spacial score (nSPS) is 11.5. The number of benzene rings is 18. The molecule has 0 spiro atoms. The van der Waals surface area contributed by atoms with Crippen LogP contribution in [0.25, 0.3) is 232 Å². The molecule has 580 valence electrons. The van der Waals surface area contributed by atoms with Gasteiger partial charge in [-0.25, -0.2) is 29.9 Å². The summed E-state index contributed by atoms with van der Waals surface area (Å²) in [6, 6.07) is 154. The number of hydrogen-bond acceptors (Lipinski definition) is 8. The molecular weight excluding hydrogens is 1530 g/mol. The van der Waals surface area contributed by atoms with Crippen LogP contribution >= 0.6 is 11.3 Å². The maximum Gasteiger partial charge on any atom is 0.164 e. The van der Waals surface area contributed by atoms with Crippen molar-refractivity contribution in [3.05, 3.63) is 437 Å². The second kappa shape index (κ2) is 31.1. The van der Waals surface area contributed by atoms with Gasteiger partial charge in [-0.3, -0.25) is 0 Å². The monoisotopic (exact) mass is 1600 g/mol. The highest BCUT2D eigenvalue weighted by molar-refractivity contribution is 7.25. The third kappa shape index (κ3) is 13.3. The van der Waals surface area contributed by atoms with E-state index in [1.54, 1.807) is 0 Å². The molecule has 0 fully saturated rings. The van der Waals surface area contributed by atoms with E-state index in [4.69, 9.17) is 34.3 Å². The second-order valence-corrected chi connectivity index (χ2v) is 32.3. The quantitative estimate of drug-likeness (QED) is 0.107. The lowest BCUT2D eigenvalue weighted by molar-refractivity contribution is 0.670. The Morgan fingerprint density at radius 1 is 0.185 bits per heavy atom. The van der Waals surface area contributed by atoms with E-state index in [1.165, 1.54) is 69.5 Å². The summed E-state index contributed by atoms with van der Waals surface area (Å²) in [5.74, 6) is 3.81. The van der Waals surface area contributed by atoms with Crippen LogP contribution in [0.15, 0.2) is 441 Å². The molecule has 0 saturated carbocycles. The summed E-state index contributed by atoms with van der Waals surface area (Å²) in [5.41, 5.74) is 27.8. The topological polar surface area (TPSA) is 100 Å². The highest BCUT2D eigenvalue weighted by atomic mass is 32.1. The van der Waals surface area contributed by atoms with Crippen molar-refractivity contribution in [1.29, 1.82) is 0 Å². The standard InChI is InChI=1S/C57H36N4O.C57H36N4S/c1-4-16-37(17-5-1)40-32-33-50-49(36-40)53-45(41-22-12-24-43(34-41)57-59-55(38-18-6-2-7-19-38)58-56(60-57)39-20-8-3-9-21-39)27-15-30-51(53)61(50)44-25-13-23-42(35-44)46-28-14-29-48-47-26-10-11-31-52(47)62-54(46)48;1-4-15-37(16-5-1)41-30-32-50-49(35-41)54-46(43-22-12-23-44(33-43)57-59-55(38-17-6-2-7-18-38)58-56(60-57)39-19-8-3-9-20-39)26-14-27-51(54)61(50)45-24-13-21-40(34-45)42-29-31-48-47-25-10-11-28-52(47)62-53(48)36-42/h2*1-36H. The maximum absolute atomic E-state index is 6.51. The van der Waals surface area contributed by atoms with E-state index in [-0.39, 0.29) is 0 Å². The van der Waals surface area contributed by atoms with Crippen LogP contribution in [0.4, 0.5) is 0 Å². The van der Waals surface area contributed by atoms with Crippen LogP contribution in [0.3, 0.4) is 0 Å². The Morgan fingerprint density at radius 3 is 1.01 bits per heavy atom. The van der Waals surface area contributed by atoms with Gasteiger partial charge in [-0.05, 0) is 152 Å². The van der Waals surface area contributed by atoms with Gasteiger partial charge >= 0.3 is 0 Å². The fraction of sp³-hybridized carbons (Fsp3) is 0. The SMILES string of the molecule is c1ccc(-c2ccc3c(c2)c2c(-c4cccc(-c5nc(-c6ccccc6)nc(-c6ccccc6)n5)c4)cccc2n3-c2cccc(-c3ccc4c(c3)sc3ccccc34)c2)cc1.c1ccc(-c2ccc3c(c2)c2c(-c4cccc(-c5nc(-c6ccccc6)nc(-c6ccccc6)n5)c4)cccc2n3-c2cccc(-c3cccc4c3oc3ccccc34)c2)cc1. The van der Waals surface area contributed by atoms with Crippen molar-refractivity contribution in [2.75, 3.05) is 0 Å². The molecule has 6 heterocycles. The van der Waals surface area contributed by atoms with Crippen LogP contribution in [-0.4, -0.2) is 39.0 Å². The van der Waals surface area contributed by atoms with Crippen molar-refractivity contribution in [2.45, 2.75) is 0 Å². The lowest BCUT2D eigenvalue weighted by Crippen LogP contribution is -2.00. The lowest BCUT2D eigenvalue weighted by atomic mass is 9.96. The smallest absolute Gasteiger partial charge is 0.164 e. The number of thiophene rings is 1. The van der Waals surface area contributed by atoms with Crippen molar-refractivity contribution in [2.24, 2.45) is 0 Å². The first kappa shape index (κ1) is 72.8. The van der Waals surface area contributed by atoms with Crippen molar-refractivity contribution >= 4 is 97.1 Å². The summed E-state index contributed by atoms with van der Waals surface area (Å²) in [5, 5.41) is 9.59. The predicted molar refractivity (Wildman–Crippen MR) is 514 cm³/mol. The average molecular weight is 1600 g/mol. The van der Waals surface area contributed by atoms with Gasteiger partial charge in [-0.1, -0.05) is 346 Å². The first-order valence-corrected chi connectivity index (χ1v) is 42.5. The number of fused-ring (bicyclic) bond motifs is 12. The number of rotatable bonds is 14. The van der Waals surface area contributed by atoms with Crippen LogP contribution in [-0.2, 0) is 0 Å². The lowest BCUT2D eigenvalue weighted by Gasteiger charge is -2.12. The molecule has 0 radical (unpaired) electrons. The Morgan fingerprint density at radius 2 is 0.516 bits per heavy atom. The van der Waals surface area contributed by atoms with Crippen molar-refractivity contribution in [3.63, 3.8) is 0 Å². The molecule has 124 heavy (non-hydrogen) atoms. The minimum Gasteiger partial charge on any atom is -0.455 e. The van der Waals surface area contributed by atoms with E-state index in [0.717, 1.165) is 128 Å². The molecule has 0 aliphatic carbocycles. The van der Waals surface area contributed by atoms with E-state index in [0.29, 0.717) is 34.9 Å². The zero-order valence-electron chi connectivity index (χ0n) is 67.0. The highest BCUT2D eigenvalue weighted by Gasteiger charge is 2.24. The van der Waals surface area contributed by atoms with Crippen LogP contribution in [0.2, 0.25) is 0 Å². The summed E-state index contributed by atoms with van der Waals surface area (Å²) in [6.45, 7) is 0. The molecule has 24 aromatic rings. The summed E-state index contributed by atoms with van der Waals surface area (Å²) in [7, 11) is 0. The van der Waals surface area contributed by atoms with E-state index < -0.39 is 0 Å². The first-order chi connectivity index (χ1) is 61.4. The summed E-state index contributed by atoms with van der Waals surface area (Å²) >= 11 is 1.86. The molecule has 0 N–H and O–H groups in total. The van der Waals surface area contributed by atoms with Gasteiger partial charge in [0.05, 0.1) is 22.1 Å². The van der Waals surface area contributed by atoms with Gasteiger partial charge in [-0.2, -0.15) is 0 Å². The van der Waals surface area contributed by atoms with Gasteiger partial charge in [-0.15, -0.1) is 11.3 Å². The molecule has 10 heteroatoms. The molecule has 0 aliphatic rings. The molecule has 0 bridgehead atoms. The van der Waals surface area contributed by atoms with Crippen molar-refractivity contribution < 1.29 is 4.42 Å². The van der Waals surface area contributed by atoms with Gasteiger partial charge in [0.1, 0.15) is 11.2 Å². The van der Waals surface area contributed by atoms with Gasteiger partial charge in [0, 0.05) is 103 Å². The van der Waals surface area contributed by atoms with Crippen LogP contribution in [0, 0.1) is 0 Å². The Balaban J connectivity index is 0.000000143. The Labute approximate surface area is 718 Å². The van der Waals surface area contributed by atoms with Crippen molar-refractivity contribution in [3.8, 4) is 146 Å². The summed E-state index contributed by atoms with van der Waals surface area (Å²) in [4.78, 5) is 30.2. The minimum absolute atomic E-state index is 0.622. The Bertz CT molecular complexity index is 8110. The van der Waals surface area contributed by atoms with Crippen LogP contribution in [0.5, 0.6) is 0 Å². The molecule has 0 aliphatic heterocycles. The van der Waals surface area contributed by atoms with E-state index in [1.807, 2.05) is 145 Å². The number of nitrogens with zero attached hydrogens (tertiary/aromatic N) is 8. The minimum atomic E-state index is 0.622. The Kier molecular flexibility index (Phi) is 18.2. The molecule has 0 saturated heterocycles. The molecule has 0 unspecified atom stereocenters. The van der Waals surface area contributed by atoms with E-state index in [9.17, 15) is 0 Å². The fourth-order valence-electron chi connectivity index (χ4n) is 17.8. The Hall–Kier alpha value is -16.4. The second-order valence-electron chi connectivity index (χ2n) is 31.2. The van der Waals surface area contributed by atoms with Gasteiger partial charge in [0.2, 0.25) is 0 Å². The van der Waals surface area contributed by atoms with Crippen molar-refractivity contribution in [1.82, 2.24) is 39.0 Å². The summed E-state index contributed by atoms with van der Waals surface area (Å²) < 4.78 is 14.0. The van der Waals surface area contributed by atoms with Gasteiger partial charge < -0.3 is 13.6 Å². The summed E-state index contributed by atoms with van der Waals surface area (Å²) in [6.07, 6.45) is 0. The zero-order valence-corrected chi connectivity index (χ0v) is 67.8. The maximum atomic E-state index is 6.51. The highest BCUT2D eigenvalue weighted by Crippen LogP contribution is 2.47. The largest absolute Gasteiger partial charge is 0.455 e. The third-order valence-corrected chi connectivity index (χ3v) is 24.8. The molecule has 0 amide bonds. The number of furan rings is 1. The molecule has 9 nitrogen and oxygen atoms in total. The van der Waals surface area contributed by atoms with Gasteiger partial charge in [0.15, 0.2) is 34.9 Å². The molecule has 0 atom stereocenters. The average Bonchev–Trinajstić information content (AvgIpc) is 1.58. The molecule has 18 aromatic carbocycles. The van der Waals surface area contributed by atoms with E-state index in [2.05, 4.69) is 312 Å². The first-order valence-electron chi connectivity index (χ1n) is 41.7. The third-order valence-electron chi connectivity index (χ3n) is 23.7. The zero-order chi connectivity index (χ0) is 82.0. The van der Waals surface area contributed by atoms with Crippen LogP contribution in [0.1, 0.15) is 0 Å². The van der Waals surface area contributed by atoms with Gasteiger partial charge in [0.25, 0.3) is 0 Å². The molecule has 6 aromatic heterocycles. The van der Waals surface area contributed by atoms with Crippen LogP contribution < -0.4 is 0 Å². The number of para-hydroxylation sites is 2. The number of aromatic nitrogens is 8. The number of hydrogen-bond donors (Lipinski definition) is 0. The molecule has 24 rings (SSSR count).